The molecule has 1 aliphatic carbocycles. The molecule has 2 aliphatic rings. The van der Waals surface area contributed by atoms with Crippen LogP contribution >= 0.6 is 0 Å². The van der Waals surface area contributed by atoms with Gasteiger partial charge >= 0.3 is 0 Å². The number of nitrogens with zero attached hydrogens (tertiary/aromatic N) is 3. The van der Waals surface area contributed by atoms with Gasteiger partial charge in [0.05, 0.1) is 12.8 Å². The van der Waals surface area contributed by atoms with Crippen LogP contribution in [-0.4, -0.2) is 38.6 Å². The lowest BCUT2D eigenvalue weighted by Gasteiger charge is -2.43. The maximum Gasteiger partial charge on any atom is 0.273 e. The molecular weight excluding hydrogens is 447 g/mol. The van der Waals surface area contributed by atoms with E-state index in [1.165, 1.54) is 24.1 Å². The second-order valence-corrected chi connectivity index (χ2v) is 9.45. The van der Waals surface area contributed by atoms with Crippen LogP contribution in [0.2, 0.25) is 0 Å². The van der Waals surface area contributed by atoms with Crippen molar-refractivity contribution in [1.29, 1.82) is 0 Å². The molecule has 2 aromatic heterocycles. The highest BCUT2D eigenvalue weighted by molar-refractivity contribution is 6.00. The van der Waals surface area contributed by atoms with Gasteiger partial charge in [0.25, 0.3) is 5.91 Å². The van der Waals surface area contributed by atoms with Crippen molar-refractivity contribution in [2.75, 3.05) is 6.54 Å². The maximum absolute atomic E-state index is 13.7. The highest BCUT2D eigenvalue weighted by Crippen LogP contribution is 2.31. The summed E-state index contributed by atoms with van der Waals surface area (Å²) in [6.45, 7) is 2.60. The van der Waals surface area contributed by atoms with E-state index in [-0.39, 0.29) is 30.7 Å². The van der Waals surface area contributed by atoms with Gasteiger partial charge in [0, 0.05) is 19.2 Å². The third-order valence-electron chi connectivity index (χ3n) is 6.94. The first-order chi connectivity index (χ1) is 16.9. The number of furan rings is 1. The fraction of sp³-hybridized carbons (Fsp3) is 0.370. The lowest BCUT2D eigenvalue weighted by Crippen LogP contribution is -2.64. The zero-order valence-corrected chi connectivity index (χ0v) is 19.8. The molecular formula is C27H29FN4O3. The molecule has 0 fully saturated rings. The van der Waals surface area contributed by atoms with E-state index in [9.17, 15) is 14.0 Å². The Hall–Kier alpha value is -3.68. The first-order valence-electron chi connectivity index (χ1n) is 12.1. The number of amides is 2. The van der Waals surface area contributed by atoms with Gasteiger partial charge in [-0.15, -0.1) is 0 Å². The fourth-order valence-electron chi connectivity index (χ4n) is 4.94. The van der Waals surface area contributed by atoms with E-state index in [0.29, 0.717) is 29.3 Å². The molecule has 0 saturated heterocycles. The highest BCUT2D eigenvalue weighted by atomic mass is 19.1. The van der Waals surface area contributed by atoms with E-state index >= 15 is 0 Å². The number of fused-ring (bicyclic) bond motifs is 1. The van der Waals surface area contributed by atoms with Gasteiger partial charge in [-0.05, 0) is 68.9 Å². The Labute approximate surface area is 203 Å². The van der Waals surface area contributed by atoms with E-state index < -0.39 is 5.54 Å². The maximum atomic E-state index is 13.7. The standard InChI is InChI=1S/C27H29FN4O3/c1-27(26(34)29-17-20-9-5-10-21(28)15-20)18-32-23(16-22(30-32)24-11-6-14-35-24)25(33)31(27)13-12-19-7-3-2-4-8-19/h5-7,9-11,14-16H,2-4,8,12-13,17-18H2,1H3,(H,29,34). The molecule has 0 saturated carbocycles. The van der Waals surface area contributed by atoms with Crippen molar-refractivity contribution in [2.24, 2.45) is 0 Å². The van der Waals surface area contributed by atoms with Gasteiger partial charge in [0.15, 0.2) is 5.76 Å². The summed E-state index contributed by atoms with van der Waals surface area (Å²) < 4.78 is 20.7. The van der Waals surface area contributed by atoms with Crippen LogP contribution in [0.25, 0.3) is 11.5 Å². The van der Waals surface area contributed by atoms with Crippen molar-refractivity contribution in [3.05, 3.63) is 77.5 Å². The minimum absolute atomic E-state index is 0.170. The SMILES string of the molecule is CC1(C(=O)NCc2cccc(F)c2)Cn2nc(-c3ccco3)cc2C(=O)N1CCC1=CCCCC1. The summed E-state index contributed by atoms with van der Waals surface area (Å²) in [5.41, 5.74) is 1.82. The fourth-order valence-corrected chi connectivity index (χ4v) is 4.94. The smallest absolute Gasteiger partial charge is 0.273 e. The number of rotatable bonds is 7. The number of aromatic nitrogens is 2. The third-order valence-corrected chi connectivity index (χ3v) is 6.94. The summed E-state index contributed by atoms with van der Waals surface area (Å²) >= 11 is 0. The number of hydrogen-bond donors (Lipinski definition) is 1. The van der Waals surface area contributed by atoms with Gasteiger partial charge in [-0.1, -0.05) is 23.8 Å². The number of carbonyl (C=O) groups excluding carboxylic acids is 2. The first-order valence-corrected chi connectivity index (χ1v) is 12.1. The molecule has 0 radical (unpaired) electrons. The van der Waals surface area contributed by atoms with Crippen LogP contribution in [0.4, 0.5) is 4.39 Å². The lowest BCUT2D eigenvalue weighted by molar-refractivity contribution is -0.133. The molecule has 0 bridgehead atoms. The predicted octanol–water partition coefficient (Wildman–Crippen LogP) is 4.70. The molecule has 2 amide bonds. The number of nitrogens with one attached hydrogen (secondary N) is 1. The van der Waals surface area contributed by atoms with E-state index in [1.807, 2.05) is 0 Å². The first kappa shape index (κ1) is 23.1. The van der Waals surface area contributed by atoms with E-state index in [0.717, 1.165) is 25.7 Å². The number of hydrogen-bond acceptors (Lipinski definition) is 4. The zero-order chi connectivity index (χ0) is 24.4. The predicted molar refractivity (Wildman–Crippen MR) is 129 cm³/mol. The van der Waals surface area contributed by atoms with Crippen molar-refractivity contribution < 1.29 is 18.4 Å². The monoisotopic (exact) mass is 476 g/mol. The Kier molecular flexibility index (Phi) is 6.28. The van der Waals surface area contributed by atoms with Gasteiger partial charge in [0.2, 0.25) is 5.91 Å². The molecule has 1 unspecified atom stereocenters. The molecule has 182 valence electrons. The van der Waals surface area contributed by atoms with Gasteiger partial charge < -0.3 is 14.6 Å². The van der Waals surface area contributed by atoms with Gasteiger partial charge in [-0.25, -0.2) is 4.39 Å². The summed E-state index contributed by atoms with van der Waals surface area (Å²) in [5.74, 6) is -0.324. The van der Waals surface area contributed by atoms with Crippen LogP contribution < -0.4 is 5.32 Å². The van der Waals surface area contributed by atoms with E-state index in [1.54, 1.807) is 53.1 Å². The summed E-state index contributed by atoms with van der Waals surface area (Å²) in [4.78, 5) is 28.9. The summed E-state index contributed by atoms with van der Waals surface area (Å²) in [6, 6.07) is 11.4. The van der Waals surface area contributed by atoms with Crippen LogP contribution in [0.5, 0.6) is 0 Å². The lowest BCUT2D eigenvalue weighted by atomic mass is 9.92. The normalized spacial score (nSPS) is 19.9. The Morgan fingerprint density at radius 3 is 2.86 bits per heavy atom. The average molecular weight is 477 g/mol. The highest BCUT2D eigenvalue weighted by Gasteiger charge is 2.47. The zero-order valence-electron chi connectivity index (χ0n) is 19.8. The summed E-state index contributed by atoms with van der Waals surface area (Å²) in [6.07, 6.45) is 9.00. The Morgan fingerprint density at radius 2 is 2.11 bits per heavy atom. The summed E-state index contributed by atoms with van der Waals surface area (Å²) in [5, 5.41) is 7.49. The van der Waals surface area contributed by atoms with E-state index in [2.05, 4.69) is 16.5 Å². The topological polar surface area (TPSA) is 80.4 Å². The molecule has 0 spiro atoms. The molecule has 35 heavy (non-hydrogen) atoms. The molecule has 7 nitrogen and oxygen atoms in total. The van der Waals surface area contributed by atoms with E-state index in [4.69, 9.17) is 4.42 Å². The Morgan fingerprint density at radius 1 is 1.23 bits per heavy atom. The van der Waals surface area contributed by atoms with Crippen LogP contribution in [-0.2, 0) is 17.9 Å². The number of allylic oxidation sites excluding steroid dienone is 1. The second-order valence-electron chi connectivity index (χ2n) is 9.45. The quantitative estimate of drug-likeness (QED) is 0.501. The van der Waals surface area contributed by atoms with Crippen molar-refractivity contribution >= 4 is 11.8 Å². The van der Waals surface area contributed by atoms with Crippen LogP contribution in [0.1, 0.15) is 55.1 Å². The van der Waals surface area contributed by atoms with Crippen LogP contribution in [0.15, 0.2) is 64.8 Å². The second kappa shape index (κ2) is 9.52. The number of carbonyl (C=O) groups is 2. The largest absolute Gasteiger partial charge is 0.463 e. The van der Waals surface area contributed by atoms with Gasteiger partial charge in [-0.2, -0.15) is 5.10 Å². The average Bonchev–Trinajstić information content (AvgIpc) is 3.53. The summed E-state index contributed by atoms with van der Waals surface area (Å²) in [7, 11) is 0. The molecule has 1 N–H and O–H groups in total. The Balaban J connectivity index is 1.42. The van der Waals surface area contributed by atoms with Crippen molar-refractivity contribution in [2.45, 2.75) is 57.7 Å². The minimum atomic E-state index is -1.15. The molecule has 3 aromatic rings. The van der Waals surface area contributed by atoms with Crippen molar-refractivity contribution in [3.8, 4) is 11.5 Å². The third kappa shape index (κ3) is 4.65. The molecule has 1 aliphatic heterocycles. The molecule has 3 heterocycles. The number of benzene rings is 1. The minimum Gasteiger partial charge on any atom is -0.463 e. The van der Waals surface area contributed by atoms with Crippen LogP contribution in [0.3, 0.4) is 0 Å². The molecule has 8 heteroatoms. The van der Waals surface area contributed by atoms with Crippen LogP contribution in [0, 0.1) is 5.82 Å². The van der Waals surface area contributed by atoms with Crippen molar-refractivity contribution in [3.63, 3.8) is 0 Å². The van der Waals surface area contributed by atoms with Gasteiger partial charge in [0.1, 0.15) is 22.7 Å². The number of halogens is 1. The van der Waals surface area contributed by atoms with Crippen molar-refractivity contribution in [1.82, 2.24) is 20.0 Å². The van der Waals surface area contributed by atoms with Gasteiger partial charge in [-0.3, -0.25) is 14.3 Å². The molecule has 1 aromatic carbocycles. The molecule has 1 atom stereocenters. The Bertz CT molecular complexity index is 1260. The molecule has 5 rings (SSSR count).